The summed E-state index contributed by atoms with van der Waals surface area (Å²) < 4.78 is 57.1. The van der Waals surface area contributed by atoms with Crippen molar-refractivity contribution in [2.75, 3.05) is 0 Å². The predicted octanol–water partition coefficient (Wildman–Crippen LogP) is 4.11. The van der Waals surface area contributed by atoms with Crippen LogP contribution in [0.4, 0.5) is 17.6 Å². The Morgan fingerprint density at radius 3 is 2.68 bits per heavy atom. The number of para-hydroxylation sites is 1. The van der Waals surface area contributed by atoms with Crippen LogP contribution in [-0.2, 0) is 6.54 Å². The van der Waals surface area contributed by atoms with Gasteiger partial charge >= 0.3 is 6.61 Å². The van der Waals surface area contributed by atoms with Crippen LogP contribution < -0.4 is 10.1 Å². The van der Waals surface area contributed by atoms with Crippen LogP contribution >= 0.6 is 11.3 Å². The molecule has 4 nitrogen and oxygen atoms in total. The van der Waals surface area contributed by atoms with Gasteiger partial charge in [-0.25, -0.2) is 13.8 Å². The predicted molar refractivity (Wildman–Crippen MR) is 83.8 cm³/mol. The molecule has 1 heterocycles. The minimum Gasteiger partial charge on any atom is -0.432 e. The highest BCUT2D eigenvalue weighted by Gasteiger charge is 2.23. The molecule has 0 saturated heterocycles. The van der Waals surface area contributed by atoms with Crippen molar-refractivity contribution in [1.29, 1.82) is 0 Å². The number of hydrogen-bond donors (Lipinski definition) is 1. The molecule has 2 aromatic carbocycles. The number of halogens is 4. The van der Waals surface area contributed by atoms with Gasteiger partial charge in [-0.2, -0.15) is 8.78 Å². The number of thiazole rings is 1. The van der Waals surface area contributed by atoms with Crippen molar-refractivity contribution in [2.45, 2.75) is 13.2 Å². The van der Waals surface area contributed by atoms with E-state index < -0.39 is 35.5 Å². The molecule has 1 N–H and O–H groups in total. The summed E-state index contributed by atoms with van der Waals surface area (Å²) in [5, 5.41) is 2.86. The van der Waals surface area contributed by atoms with Gasteiger partial charge in [-0.15, -0.1) is 11.3 Å². The van der Waals surface area contributed by atoms with Gasteiger partial charge in [0.05, 0.1) is 16.8 Å². The number of benzene rings is 2. The molecule has 0 aliphatic heterocycles. The molecule has 0 atom stereocenters. The topological polar surface area (TPSA) is 51.2 Å². The van der Waals surface area contributed by atoms with Gasteiger partial charge in [0.2, 0.25) is 0 Å². The third kappa shape index (κ3) is 3.71. The molecule has 0 saturated carbocycles. The highest BCUT2D eigenvalue weighted by atomic mass is 32.1. The van der Waals surface area contributed by atoms with Crippen molar-refractivity contribution < 1.29 is 27.1 Å². The zero-order valence-electron chi connectivity index (χ0n) is 12.4. The van der Waals surface area contributed by atoms with Crippen LogP contribution in [0.1, 0.15) is 15.4 Å². The number of rotatable bonds is 5. The van der Waals surface area contributed by atoms with Crippen molar-refractivity contribution in [2.24, 2.45) is 0 Å². The first-order chi connectivity index (χ1) is 12.0. The van der Waals surface area contributed by atoms with Crippen molar-refractivity contribution in [3.05, 3.63) is 58.6 Å². The lowest BCUT2D eigenvalue weighted by atomic mass is 10.1. The minimum atomic E-state index is -3.29. The Labute approximate surface area is 143 Å². The van der Waals surface area contributed by atoms with E-state index in [1.165, 1.54) is 11.3 Å². The fraction of sp³-hybridized carbons (Fsp3) is 0.125. The number of aromatic nitrogens is 1. The van der Waals surface area contributed by atoms with Crippen molar-refractivity contribution in [3.8, 4) is 5.75 Å². The number of nitrogens with zero attached hydrogens (tertiary/aromatic N) is 1. The molecule has 130 valence electrons. The number of amides is 1. The number of carbonyl (C=O) groups excluding carboxylic acids is 1. The van der Waals surface area contributed by atoms with Gasteiger partial charge in [0.25, 0.3) is 5.91 Å². The van der Waals surface area contributed by atoms with Crippen molar-refractivity contribution in [3.63, 3.8) is 0 Å². The van der Waals surface area contributed by atoms with E-state index in [1.807, 2.05) is 18.2 Å². The maximum absolute atomic E-state index is 14.1. The molecule has 0 radical (unpaired) electrons. The summed E-state index contributed by atoms with van der Waals surface area (Å²) >= 11 is 1.32. The first kappa shape index (κ1) is 17.2. The van der Waals surface area contributed by atoms with E-state index in [2.05, 4.69) is 15.0 Å². The smallest absolute Gasteiger partial charge is 0.387 e. The molecule has 0 bridgehead atoms. The third-order valence-electron chi connectivity index (χ3n) is 3.24. The Morgan fingerprint density at radius 2 is 1.96 bits per heavy atom. The SMILES string of the molecule is O=C(NCc1nc2ccccc2s1)c1c(F)ccc(OC(F)F)c1F. The molecule has 1 aromatic heterocycles. The molecule has 0 spiro atoms. The summed E-state index contributed by atoms with van der Waals surface area (Å²) in [4.78, 5) is 16.3. The van der Waals surface area contributed by atoms with Crippen LogP contribution in [0, 0.1) is 11.6 Å². The van der Waals surface area contributed by atoms with Gasteiger partial charge in [0.15, 0.2) is 11.6 Å². The molecule has 25 heavy (non-hydrogen) atoms. The van der Waals surface area contributed by atoms with Gasteiger partial charge < -0.3 is 10.1 Å². The Morgan fingerprint density at radius 1 is 1.20 bits per heavy atom. The van der Waals surface area contributed by atoms with E-state index in [1.54, 1.807) is 6.07 Å². The summed E-state index contributed by atoms with van der Waals surface area (Å²) in [5.41, 5.74) is -0.249. The van der Waals surface area contributed by atoms with Gasteiger partial charge in [-0.05, 0) is 24.3 Å². The first-order valence-corrected chi connectivity index (χ1v) is 7.83. The second-order valence-electron chi connectivity index (χ2n) is 4.87. The number of carbonyl (C=O) groups is 1. The molecule has 0 unspecified atom stereocenters. The van der Waals surface area contributed by atoms with Gasteiger partial charge in [0.1, 0.15) is 16.4 Å². The second-order valence-corrected chi connectivity index (χ2v) is 5.99. The van der Waals surface area contributed by atoms with E-state index in [9.17, 15) is 22.4 Å². The normalized spacial score (nSPS) is 11.1. The van der Waals surface area contributed by atoms with E-state index in [0.29, 0.717) is 17.1 Å². The monoisotopic (exact) mass is 370 g/mol. The maximum atomic E-state index is 14.1. The lowest BCUT2D eigenvalue weighted by Gasteiger charge is -2.10. The van der Waals surface area contributed by atoms with Crippen molar-refractivity contribution in [1.82, 2.24) is 10.3 Å². The van der Waals surface area contributed by atoms with Crippen LogP contribution in [0.3, 0.4) is 0 Å². The highest BCUT2D eigenvalue weighted by Crippen LogP contribution is 2.25. The summed E-state index contributed by atoms with van der Waals surface area (Å²) in [6, 6.07) is 8.67. The fourth-order valence-corrected chi connectivity index (χ4v) is 3.08. The van der Waals surface area contributed by atoms with E-state index in [-0.39, 0.29) is 6.54 Å². The van der Waals surface area contributed by atoms with Gasteiger partial charge in [0, 0.05) is 0 Å². The van der Waals surface area contributed by atoms with Crippen LogP contribution in [-0.4, -0.2) is 17.5 Å². The first-order valence-electron chi connectivity index (χ1n) is 7.01. The Bertz CT molecular complexity index is 897. The Hall–Kier alpha value is -2.68. The molecular formula is C16H10F4N2O2S. The van der Waals surface area contributed by atoms with Crippen LogP contribution in [0.15, 0.2) is 36.4 Å². The van der Waals surface area contributed by atoms with Crippen LogP contribution in [0.2, 0.25) is 0 Å². The molecular weight excluding hydrogens is 360 g/mol. The zero-order chi connectivity index (χ0) is 18.0. The second kappa shape index (κ2) is 7.06. The summed E-state index contributed by atoms with van der Waals surface area (Å²) in [5.74, 6) is -4.65. The Kier molecular flexibility index (Phi) is 4.84. The largest absolute Gasteiger partial charge is 0.432 e. The van der Waals surface area contributed by atoms with Crippen LogP contribution in [0.25, 0.3) is 10.2 Å². The number of nitrogens with one attached hydrogen (secondary N) is 1. The summed E-state index contributed by atoms with van der Waals surface area (Å²) in [7, 11) is 0. The summed E-state index contributed by atoms with van der Waals surface area (Å²) in [6.07, 6.45) is 0. The number of hydrogen-bond acceptors (Lipinski definition) is 4. The lowest BCUT2D eigenvalue weighted by Crippen LogP contribution is -2.25. The Balaban J connectivity index is 1.78. The standard InChI is InChI=1S/C16H10F4N2O2S/c17-8-5-6-10(24-16(19)20)14(18)13(8)15(23)21-7-12-22-9-3-1-2-4-11(9)25-12/h1-6,16H,7H2,(H,21,23). The molecule has 0 aliphatic carbocycles. The highest BCUT2D eigenvalue weighted by molar-refractivity contribution is 7.18. The average Bonchev–Trinajstić information content (AvgIpc) is 2.98. The molecule has 0 fully saturated rings. The third-order valence-corrected chi connectivity index (χ3v) is 4.27. The average molecular weight is 370 g/mol. The quantitative estimate of drug-likeness (QED) is 0.688. The minimum absolute atomic E-state index is 0.0585. The number of ether oxygens (including phenoxy) is 1. The zero-order valence-corrected chi connectivity index (χ0v) is 13.2. The van der Waals surface area contributed by atoms with E-state index >= 15 is 0 Å². The van der Waals surface area contributed by atoms with Gasteiger partial charge in [-0.3, -0.25) is 4.79 Å². The van der Waals surface area contributed by atoms with Crippen LogP contribution in [0.5, 0.6) is 5.75 Å². The summed E-state index contributed by atoms with van der Waals surface area (Å²) in [6.45, 7) is -3.35. The van der Waals surface area contributed by atoms with Crippen molar-refractivity contribution >= 4 is 27.5 Å². The van der Waals surface area contributed by atoms with E-state index in [4.69, 9.17) is 0 Å². The molecule has 0 aliphatic rings. The number of alkyl halides is 2. The maximum Gasteiger partial charge on any atom is 0.387 e. The van der Waals surface area contributed by atoms with E-state index in [0.717, 1.165) is 10.2 Å². The molecule has 3 aromatic rings. The lowest BCUT2D eigenvalue weighted by molar-refractivity contribution is -0.0523. The molecule has 9 heteroatoms. The van der Waals surface area contributed by atoms with Gasteiger partial charge in [-0.1, -0.05) is 12.1 Å². The molecule has 1 amide bonds. The molecule has 3 rings (SSSR count). The number of fused-ring (bicyclic) bond motifs is 1. The fourth-order valence-electron chi connectivity index (χ4n) is 2.17.